The number of nitrogens with one attached hydrogen (secondary N) is 2. The normalized spacial score (nSPS) is 11.8. The molecule has 2 rings (SSSR count). The topological polar surface area (TPSA) is 84.3 Å². The average Bonchev–Trinajstić information content (AvgIpc) is 2.66. The molecule has 28 heavy (non-hydrogen) atoms. The van der Waals surface area contributed by atoms with Crippen LogP contribution < -0.4 is 10.6 Å². The molecule has 2 aromatic rings. The highest BCUT2D eigenvalue weighted by Gasteiger charge is 2.12. The third kappa shape index (κ3) is 5.87. The predicted octanol–water partition coefficient (Wildman–Crippen LogP) is 5.29. The summed E-state index contributed by atoms with van der Waals surface area (Å²) in [6.45, 7) is 4.23. The fraction of sp³-hybridized carbons (Fsp3) is 0.200. The Labute approximate surface area is 173 Å². The standard InChI is InChI=1S/C20H20ClN3O3S/c1-3-13(2)15-6-4-5-7-17(15)22-20(28)23-19(25)11-9-14-8-10-16(21)18(12-14)24(26)27/h4-13H,3H2,1-2H3,(H2,22,23,25,28)/b11-9+/t13-/m0/s1. The van der Waals surface area contributed by atoms with Crippen molar-refractivity contribution in [3.8, 4) is 0 Å². The molecule has 8 heteroatoms. The van der Waals surface area contributed by atoms with Crippen molar-refractivity contribution < 1.29 is 9.72 Å². The molecule has 0 spiro atoms. The molecule has 0 aliphatic rings. The van der Waals surface area contributed by atoms with Crippen LogP contribution >= 0.6 is 23.8 Å². The van der Waals surface area contributed by atoms with Crippen molar-refractivity contribution >= 4 is 52.3 Å². The van der Waals surface area contributed by atoms with Crippen molar-refractivity contribution in [2.45, 2.75) is 26.2 Å². The summed E-state index contributed by atoms with van der Waals surface area (Å²) in [5.74, 6) is -0.0982. The zero-order valence-electron chi connectivity index (χ0n) is 15.4. The second-order valence-electron chi connectivity index (χ2n) is 6.14. The van der Waals surface area contributed by atoms with E-state index in [0.29, 0.717) is 11.5 Å². The molecule has 0 saturated carbocycles. The van der Waals surface area contributed by atoms with E-state index < -0.39 is 10.8 Å². The second kappa shape index (κ2) is 9.96. The molecule has 0 aliphatic heterocycles. The maximum Gasteiger partial charge on any atom is 0.288 e. The van der Waals surface area contributed by atoms with Crippen LogP contribution in [0.25, 0.3) is 6.08 Å². The third-order valence-corrected chi connectivity index (χ3v) is 4.71. The SMILES string of the molecule is CC[C@H](C)c1ccccc1NC(=S)NC(=O)/C=C/c1ccc(Cl)c([N+](=O)[O-])c1. The monoisotopic (exact) mass is 417 g/mol. The molecule has 0 bridgehead atoms. The van der Waals surface area contributed by atoms with E-state index in [1.165, 1.54) is 24.3 Å². The summed E-state index contributed by atoms with van der Waals surface area (Å²) in [6, 6.07) is 12.1. The lowest BCUT2D eigenvalue weighted by molar-refractivity contribution is -0.384. The van der Waals surface area contributed by atoms with Gasteiger partial charge in [0.2, 0.25) is 5.91 Å². The molecule has 0 radical (unpaired) electrons. The number of carbonyl (C=O) groups excluding carboxylic acids is 1. The molecule has 0 aliphatic carbocycles. The summed E-state index contributed by atoms with van der Waals surface area (Å²) in [6.07, 6.45) is 3.68. The Kier molecular flexibility index (Phi) is 7.66. The van der Waals surface area contributed by atoms with Crippen LogP contribution in [0.1, 0.15) is 37.3 Å². The van der Waals surface area contributed by atoms with E-state index in [2.05, 4.69) is 24.5 Å². The van der Waals surface area contributed by atoms with Gasteiger partial charge in [0.25, 0.3) is 5.69 Å². The Bertz CT molecular complexity index is 931. The van der Waals surface area contributed by atoms with Crippen molar-refractivity contribution in [2.75, 3.05) is 5.32 Å². The van der Waals surface area contributed by atoms with Crippen LogP contribution in [0.5, 0.6) is 0 Å². The lowest BCUT2D eigenvalue weighted by atomic mass is 9.97. The number of hydrogen-bond acceptors (Lipinski definition) is 4. The van der Waals surface area contributed by atoms with Gasteiger partial charge in [-0.1, -0.05) is 49.7 Å². The van der Waals surface area contributed by atoms with E-state index in [1.807, 2.05) is 24.3 Å². The predicted molar refractivity (Wildman–Crippen MR) is 117 cm³/mol. The van der Waals surface area contributed by atoms with E-state index in [1.54, 1.807) is 6.07 Å². The van der Waals surface area contributed by atoms with Crippen LogP contribution in [0.3, 0.4) is 0 Å². The van der Waals surface area contributed by atoms with Gasteiger partial charge < -0.3 is 5.32 Å². The lowest BCUT2D eigenvalue weighted by Crippen LogP contribution is -2.33. The van der Waals surface area contributed by atoms with Crippen molar-refractivity contribution in [3.63, 3.8) is 0 Å². The van der Waals surface area contributed by atoms with Gasteiger partial charge in [-0.25, -0.2) is 0 Å². The summed E-state index contributed by atoms with van der Waals surface area (Å²) < 4.78 is 0. The van der Waals surface area contributed by atoms with Crippen molar-refractivity contribution in [3.05, 3.63) is 74.8 Å². The first-order chi connectivity index (χ1) is 13.3. The highest BCUT2D eigenvalue weighted by atomic mass is 35.5. The van der Waals surface area contributed by atoms with E-state index in [4.69, 9.17) is 23.8 Å². The number of nitro groups is 1. The quantitative estimate of drug-likeness (QED) is 0.289. The number of amides is 1. The number of para-hydroxylation sites is 1. The van der Waals surface area contributed by atoms with Gasteiger partial charge in [-0.2, -0.15) is 0 Å². The fourth-order valence-corrected chi connectivity index (χ4v) is 2.91. The molecular weight excluding hydrogens is 398 g/mol. The van der Waals surface area contributed by atoms with Gasteiger partial charge in [0.1, 0.15) is 5.02 Å². The maximum absolute atomic E-state index is 12.1. The maximum atomic E-state index is 12.1. The zero-order chi connectivity index (χ0) is 20.7. The van der Waals surface area contributed by atoms with Gasteiger partial charge in [-0.15, -0.1) is 0 Å². The Hall–Kier alpha value is -2.77. The Morgan fingerprint density at radius 2 is 2.04 bits per heavy atom. The van der Waals surface area contributed by atoms with E-state index in [9.17, 15) is 14.9 Å². The van der Waals surface area contributed by atoms with Gasteiger partial charge in [0, 0.05) is 17.8 Å². The zero-order valence-corrected chi connectivity index (χ0v) is 17.0. The molecule has 0 heterocycles. The number of rotatable bonds is 6. The van der Waals surface area contributed by atoms with Gasteiger partial charge in [0.15, 0.2) is 5.11 Å². The first-order valence-electron chi connectivity index (χ1n) is 8.64. The molecule has 1 atom stereocenters. The molecule has 6 nitrogen and oxygen atoms in total. The molecule has 2 aromatic carbocycles. The third-order valence-electron chi connectivity index (χ3n) is 4.18. The smallest absolute Gasteiger partial charge is 0.288 e. The summed E-state index contributed by atoms with van der Waals surface area (Å²) in [4.78, 5) is 22.4. The summed E-state index contributed by atoms with van der Waals surface area (Å²) >= 11 is 11.0. The van der Waals surface area contributed by atoms with Crippen molar-refractivity contribution in [1.29, 1.82) is 0 Å². The Morgan fingerprint density at radius 3 is 2.71 bits per heavy atom. The summed E-state index contributed by atoms with van der Waals surface area (Å²) in [7, 11) is 0. The molecule has 0 aromatic heterocycles. The fourth-order valence-electron chi connectivity index (χ4n) is 2.51. The highest BCUT2D eigenvalue weighted by molar-refractivity contribution is 7.80. The van der Waals surface area contributed by atoms with Crippen molar-refractivity contribution in [2.24, 2.45) is 0 Å². The minimum Gasteiger partial charge on any atom is -0.332 e. The first-order valence-corrected chi connectivity index (χ1v) is 9.43. The van der Waals surface area contributed by atoms with Gasteiger partial charge in [0.05, 0.1) is 4.92 Å². The second-order valence-corrected chi connectivity index (χ2v) is 6.96. The van der Waals surface area contributed by atoms with Crippen LogP contribution in [0.4, 0.5) is 11.4 Å². The molecule has 0 unspecified atom stereocenters. The first kappa shape index (κ1) is 21.5. The molecule has 0 saturated heterocycles. The average molecular weight is 418 g/mol. The van der Waals surface area contributed by atoms with E-state index in [-0.39, 0.29) is 15.8 Å². The van der Waals surface area contributed by atoms with Crippen molar-refractivity contribution in [1.82, 2.24) is 5.32 Å². The van der Waals surface area contributed by atoms with Gasteiger partial charge in [-0.3, -0.25) is 20.2 Å². The largest absolute Gasteiger partial charge is 0.332 e. The number of anilines is 1. The number of hydrogen-bond donors (Lipinski definition) is 2. The minimum absolute atomic E-state index is 0.0388. The molecule has 1 amide bonds. The van der Waals surface area contributed by atoms with Crippen LogP contribution in [-0.2, 0) is 4.79 Å². The summed E-state index contributed by atoms with van der Waals surface area (Å²) in [5, 5.41) is 16.7. The van der Waals surface area contributed by atoms with E-state index >= 15 is 0 Å². The molecule has 146 valence electrons. The van der Waals surface area contributed by atoms with Crippen LogP contribution in [0.15, 0.2) is 48.5 Å². The van der Waals surface area contributed by atoms with Gasteiger partial charge >= 0.3 is 0 Å². The number of halogens is 1. The molecule has 2 N–H and O–H groups in total. The minimum atomic E-state index is -0.576. The Balaban J connectivity index is 2.02. The number of benzene rings is 2. The van der Waals surface area contributed by atoms with Crippen LogP contribution in [-0.4, -0.2) is 15.9 Å². The molecular formula is C20H20ClN3O3S. The Morgan fingerprint density at radius 1 is 1.32 bits per heavy atom. The number of nitrogens with zero attached hydrogens (tertiary/aromatic N) is 1. The number of thiocarbonyl (C=S) groups is 1. The lowest BCUT2D eigenvalue weighted by Gasteiger charge is -2.16. The number of carbonyl (C=O) groups is 1. The number of nitro benzene ring substituents is 1. The van der Waals surface area contributed by atoms with Gasteiger partial charge in [-0.05, 0) is 53.9 Å². The summed E-state index contributed by atoms with van der Waals surface area (Å²) in [5.41, 5.74) is 2.22. The van der Waals surface area contributed by atoms with E-state index in [0.717, 1.165) is 17.7 Å². The van der Waals surface area contributed by atoms with Crippen LogP contribution in [0, 0.1) is 10.1 Å². The molecule has 0 fully saturated rings. The highest BCUT2D eigenvalue weighted by Crippen LogP contribution is 2.27. The van der Waals surface area contributed by atoms with Crippen LogP contribution in [0.2, 0.25) is 5.02 Å².